The van der Waals surface area contributed by atoms with Crippen LogP contribution in [0, 0.1) is 6.92 Å². The van der Waals surface area contributed by atoms with Crippen molar-refractivity contribution in [2.24, 2.45) is 0 Å². The molecule has 2 heterocycles. The minimum Gasteiger partial charge on any atom is -0.369 e. The first-order valence-corrected chi connectivity index (χ1v) is 10.7. The van der Waals surface area contributed by atoms with Gasteiger partial charge in [-0.05, 0) is 36.2 Å². The number of nitrogens with one attached hydrogen (secondary N) is 1. The van der Waals surface area contributed by atoms with E-state index >= 15 is 0 Å². The van der Waals surface area contributed by atoms with Gasteiger partial charge in [-0.3, -0.25) is 4.79 Å². The molecule has 0 unspecified atom stereocenters. The maximum absolute atomic E-state index is 12.7. The fourth-order valence-corrected chi connectivity index (χ4v) is 5.14. The van der Waals surface area contributed by atoms with Gasteiger partial charge in [0.2, 0.25) is 15.9 Å². The van der Waals surface area contributed by atoms with Crippen molar-refractivity contribution in [1.29, 1.82) is 0 Å². The first-order chi connectivity index (χ1) is 12.9. The number of benzene rings is 2. The Labute approximate surface area is 159 Å². The Kier molecular flexibility index (Phi) is 4.65. The lowest BCUT2D eigenvalue weighted by Crippen LogP contribution is -2.49. The molecule has 0 saturated carbocycles. The number of fused-ring (bicyclic) bond motifs is 1. The average Bonchev–Trinajstić information content (AvgIpc) is 3.03. The summed E-state index contributed by atoms with van der Waals surface area (Å²) in [5.41, 5.74) is 4.87. The van der Waals surface area contributed by atoms with E-state index in [1.54, 1.807) is 4.31 Å². The van der Waals surface area contributed by atoms with Crippen molar-refractivity contribution in [3.63, 3.8) is 0 Å². The van der Waals surface area contributed by atoms with Gasteiger partial charge in [-0.1, -0.05) is 29.8 Å². The van der Waals surface area contributed by atoms with Crippen LogP contribution in [0.1, 0.15) is 16.7 Å². The fourth-order valence-electron chi connectivity index (χ4n) is 3.62. The first kappa shape index (κ1) is 18.0. The highest BCUT2D eigenvalue weighted by Gasteiger charge is 2.28. The zero-order valence-electron chi connectivity index (χ0n) is 15.3. The average molecular weight is 385 g/mol. The number of amides is 1. The predicted molar refractivity (Wildman–Crippen MR) is 106 cm³/mol. The molecule has 1 N–H and O–H groups in total. The van der Waals surface area contributed by atoms with E-state index in [1.807, 2.05) is 49.4 Å². The standard InChI is InChI=1S/C20H23N3O3S/c1-15-2-4-16(5-3-15)14-27(25,26)23-10-8-22(9-11-23)18-6-7-19-17(12-18)13-20(24)21-19/h2-7,12H,8-11,13-14H2,1H3,(H,21,24). The number of carbonyl (C=O) groups is 1. The summed E-state index contributed by atoms with van der Waals surface area (Å²) in [4.78, 5) is 13.7. The van der Waals surface area contributed by atoms with E-state index < -0.39 is 10.0 Å². The molecule has 0 aliphatic carbocycles. The molecule has 142 valence electrons. The zero-order chi connectivity index (χ0) is 19.0. The number of piperazine rings is 1. The van der Waals surface area contributed by atoms with Crippen LogP contribution in [0.15, 0.2) is 42.5 Å². The van der Waals surface area contributed by atoms with Gasteiger partial charge in [0.05, 0.1) is 12.2 Å². The number of rotatable bonds is 4. The van der Waals surface area contributed by atoms with Crippen LogP contribution in [0.2, 0.25) is 0 Å². The van der Waals surface area contributed by atoms with Crippen LogP contribution in [0.4, 0.5) is 11.4 Å². The molecule has 2 aromatic rings. The summed E-state index contributed by atoms with van der Waals surface area (Å²) in [6.45, 7) is 4.23. The largest absolute Gasteiger partial charge is 0.369 e. The minimum atomic E-state index is -3.32. The second kappa shape index (κ2) is 6.98. The predicted octanol–water partition coefficient (Wildman–Crippen LogP) is 2.14. The maximum atomic E-state index is 12.7. The van der Waals surface area contributed by atoms with Crippen molar-refractivity contribution in [2.75, 3.05) is 36.4 Å². The van der Waals surface area contributed by atoms with Gasteiger partial charge in [0.1, 0.15) is 0 Å². The van der Waals surface area contributed by atoms with Gasteiger partial charge >= 0.3 is 0 Å². The smallest absolute Gasteiger partial charge is 0.228 e. The number of sulfonamides is 1. The number of aryl methyl sites for hydroxylation is 1. The van der Waals surface area contributed by atoms with Gasteiger partial charge < -0.3 is 10.2 Å². The molecule has 1 amide bonds. The number of anilines is 2. The van der Waals surface area contributed by atoms with E-state index in [1.165, 1.54) is 0 Å². The molecule has 0 spiro atoms. The van der Waals surface area contributed by atoms with Gasteiger partial charge in [0.25, 0.3) is 0 Å². The summed E-state index contributed by atoms with van der Waals surface area (Å²) in [5, 5.41) is 2.84. The summed E-state index contributed by atoms with van der Waals surface area (Å²) in [7, 11) is -3.32. The number of hydrogen-bond acceptors (Lipinski definition) is 4. The van der Waals surface area contributed by atoms with Crippen LogP contribution in [-0.2, 0) is 27.0 Å². The molecule has 0 bridgehead atoms. The van der Waals surface area contributed by atoms with Crippen LogP contribution in [-0.4, -0.2) is 44.8 Å². The van der Waals surface area contributed by atoms with Crippen molar-refractivity contribution >= 4 is 27.3 Å². The zero-order valence-corrected chi connectivity index (χ0v) is 16.1. The fraction of sp³-hybridized carbons (Fsp3) is 0.350. The molecule has 1 saturated heterocycles. The van der Waals surface area contributed by atoms with Crippen molar-refractivity contribution in [1.82, 2.24) is 4.31 Å². The Morgan fingerprint density at radius 2 is 1.70 bits per heavy atom. The van der Waals surface area contributed by atoms with Crippen molar-refractivity contribution in [2.45, 2.75) is 19.1 Å². The molecule has 2 aromatic carbocycles. The third kappa shape index (κ3) is 3.84. The Bertz CT molecular complexity index is 962. The van der Waals surface area contributed by atoms with Gasteiger partial charge in [0, 0.05) is 37.6 Å². The third-order valence-electron chi connectivity index (χ3n) is 5.18. The normalized spacial score (nSPS) is 17.7. The second-order valence-corrected chi connectivity index (χ2v) is 9.16. The van der Waals surface area contributed by atoms with E-state index in [0.717, 1.165) is 28.1 Å². The lowest BCUT2D eigenvalue weighted by atomic mass is 10.1. The Morgan fingerprint density at radius 3 is 2.41 bits per heavy atom. The highest BCUT2D eigenvalue weighted by atomic mass is 32.2. The van der Waals surface area contributed by atoms with Crippen molar-refractivity contribution < 1.29 is 13.2 Å². The molecular formula is C20H23N3O3S. The second-order valence-electron chi connectivity index (χ2n) is 7.19. The minimum absolute atomic E-state index is 0.0224. The van der Waals surface area contributed by atoms with E-state index in [-0.39, 0.29) is 11.7 Å². The number of hydrogen-bond donors (Lipinski definition) is 1. The highest BCUT2D eigenvalue weighted by Crippen LogP contribution is 2.28. The third-order valence-corrected chi connectivity index (χ3v) is 7.03. The van der Waals surface area contributed by atoms with Crippen LogP contribution in [0.25, 0.3) is 0 Å². The molecule has 4 rings (SSSR count). The van der Waals surface area contributed by atoms with E-state index in [0.29, 0.717) is 32.6 Å². The molecule has 0 atom stereocenters. The summed E-state index contributed by atoms with van der Waals surface area (Å²) in [6, 6.07) is 13.6. The maximum Gasteiger partial charge on any atom is 0.228 e. The summed E-state index contributed by atoms with van der Waals surface area (Å²) >= 11 is 0. The van der Waals surface area contributed by atoms with Crippen LogP contribution in [0.3, 0.4) is 0 Å². The Balaban J connectivity index is 1.40. The molecule has 2 aliphatic rings. The van der Waals surface area contributed by atoms with E-state index in [4.69, 9.17) is 0 Å². The van der Waals surface area contributed by atoms with Crippen LogP contribution >= 0.6 is 0 Å². The Morgan fingerprint density at radius 1 is 1.00 bits per heavy atom. The molecule has 7 heteroatoms. The lowest BCUT2D eigenvalue weighted by Gasteiger charge is -2.35. The van der Waals surface area contributed by atoms with E-state index in [2.05, 4.69) is 10.2 Å². The summed E-state index contributed by atoms with van der Waals surface area (Å²) in [6.07, 6.45) is 0.411. The molecule has 6 nitrogen and oxygen atoms in total. The van der Waals surface area contributed by atoms with Gasteiger partial charge in [-0.2, -0.15) is 4.31 Å². The first-order valence-electron chi connectivity index (χ1n) is 9.12. The van der Waals surface area contributed by atoms with Gasteiger partial charge in [-0.15, -0.1) is 0 Å². The topological polar surface area (TPSA) is 69.7 Å². The summed E-state index contributed by atoms with van der Waals surface area (Å²) < 4.78 is 27.1. The van der Waals surface area contributed by atoms with Crippen LogP contribution < -0.4 is 10.2 Å². The van der Waals surface area contributed by atoms with Gasteiger partial charge in [0.15, 0.2) is 0 Å². The molecule has 0 radical (unpaired) electrons. The SMILES string of the molecule is Cc1ccc(CS(=O)(=O)N2CCN(c3ccc4c(c3)CC(=O)N4)CC2)cc1. The van der Waals surface area contributed by atoms with E-state index in [9.17, 15) is 13.2 Å². The van der Waals surface area contributed by atoms with Crippen molar-refractivity contribution in [3.8, 4) is 0 Å². The number of nitrogens with zero attached hydrogens (tertiary/aromatic N) is 2. The molecule has 2 aliphatic heterocycles. The molecule has 27 heavy (non-hydrogen) atoms. The Hall–Kier alpha value is -2.38. The number of carbonyl (C=O) groups excluding carboxylic acids is 1. The molecule has 1 fully saturated rings. The monoisotopic (exact) mass is 385 g/mol. The molecular weight excluding hydrogens is 362 g/mol. The molecule has 0 aromatic heterocycles. The highest BCUT2D eigenvalue weighted by molar-refractivity contribution is 7.88. The van der Waals surface area contributed by atoms with Crippen molar-refractivity contribution in [3.05, 3.63) is 59.2 Å². The van der Waals surface area contributed by atoms with Gasteiger partial charge in [-0.25, -0.2) is 8.42 Å². The quantitative estimate of drug-likeness (QED) is 0.876. The lowest BCUT2D eigenvalue weighted by molar-refractivity contribution is -0.115. The van der Waals surface area contributed by atoms with Crippen LogP contribution in [0.5, 0.6) is 0 Å². The summed E-state index contributed by atoms with van der Waals surface area (Å²) in [5.74, 6) is 0.0640.